The van der Waals surface area contributed by atoms with E-state index in [1.54, 1.807) is 36.4 Å². The number of carboxylic acids is 1. The van der Waals surface area contributed by atoms with Gasteiger partial charge in [-0.05, 0) is 30.3 Å². The van der Waals surface area contributed by atoms with Crippen molar-refractivity contribution in [3.63, 3.8) is 0 Å². The number of benzene rings is 2. The molecule has 0 heterocycles. The molecule has 1 N–H and O–H groups in total. The van der Waals surface area contributed by atoms with Crippen LogP contribution in [-0.2, 0) is 9.84 Å². The first-order valence-corrected chi connectivity index (χ1v) is 8.39. The molecule has 0 aliphatic heterocycles. The lowest BCUT2D eigenvalue weighted by Crippen LogP contribution is -1.99. The summed E-state index contributed by atoms with van der Waals surface area (Å²) >= 11 is 1.23. The van der Waals surface area contributed by atoms with Gasteiger partial charge in [-0.1, -0.05) is 30.0 Å². The first kappa shape index (κ1) is 14.6. The maximum atomic E-state index is 11.7. The quantitative estimate of drug-likeness (QED) is 0.940. The molecule has 0 atom stereocenters. The van der Waals surface area contributed by atoms with Crippen LogP contribution < -0.4 is 0 Å². The van der Waals surface area contributed by atoms with Crippen molar-refractivity contribution in [1.82, 2.24) is 0 Å². The first-order valence-electron chi connectivity index (χ1n) is 5.68. The van der Waals surface area contributed by atoms with Gasteiger partial charge >= 0.3 is 5.97 Å². The molecule has 0 amide bonds. The van der Waals surface area contributed by atoms with Crippen LogP contribution in [0.25, 0.3) is 0 Å². The Labute approximate surface area is 121 Å². The maximum absolute atomic E-state index is 11.7. The van der Waals surface area contributed by atoms with E-state index in [0.29, 0.717) is 9.79 Å². The van der Waals surface area contributed by atoms with E-state index in [0.717, 1.165) is 6.26 Å². The number of carbonyl (C=O) groups is 1. The van der Waals surface area contributed by atoms with Crippen LogP contribution in [0.1, 0.15) is 10.4 Å². The summed E-state index contributed by atoms with van der Waals surface area (Å²) in [7, 11) is -3.32. The smallest absolute Gasteiger partial charge is 0.335 e. The van der Waals surface area contributed by atoms with Gasteiger partial charge in [0.25, 0.3) is 0 Å². The van der Waals surface area contributed by atoms with Gasteiger partial charge in [0.1, 0.15) is 0 Å². The maximum Gasteiger partial charge on any atom is 0.335 e. The summed E-state index contributed by atoms with van der Waals surface area (Å²) in [6.45, 7) is 0. The summed E-state index contributed by atoms with van der Waals surface area (Å²) in [5.41, 5.74) is 0.173. The Morgan fingerprint density at radius 2 is 1.80 bits per heavy atom. The van der Waals surface area contributed by atoms with Crippen LogP contribution in [0.4, 0.5) is 0 Å². The molecule has 0 radical (unpaired) electrons. The summed E-state index contributed by atoms with van der Waals surface area (Å²) in [6, 6.07) is 13.0. The number of rotatable bonds is 4. The summed E-state index contributed by atoms with van der Waals surface area (Å²) < 4.78 is 23.4. The molecule has 0 fully saturated rings. The topological polar surface area (TPSA) is 71.4 Å². The fraction of sp³-hybridized carbons (Fsp3) is 0.0714. The zero-order chi connectivity index (χ0) is 14.8. The fourth-order valence-electron chi connectivity index (χ4n) is 1.66. The molecule has 0 spiro atoms. The third-order valence-corrected chi connectivity index (χ3v) is 4.91. The predicted octanol–water partition coefficient (Wildman–Crippen LogP) is 2.94. The molecule has 0 saturated carbocycles. The molecule has 4 nitrogen and oxygen atoms in total. The Balaban J connectivity index is 2.41. The van der Waals surface area contributed by atoms with Crippen molar-refractivity contribution >= 4 is 27.6 Å². The number of aromatic carboxylic acids is 1. The van der Waals surface area contributed by atoms with E-state index in [9.17, 15) is 13.2 Å². The second-order valence-electron chi connectivity index (χ2n) is 4.15. The molecule has 0 aliphatic rings. The molecular weight excluding hydrogens is 296 g/mol. The van der Waals surface area contributed by atoms with Gasteiger partial charge in [0.05, 0.1) is 10.5 Å². The Morgan fingerprint density at radius 1 is 1.10 bits per heavy atom. The lowest BCUT2D eigenvalue weighted by Gasteiger charge is -2.07. The third-order valence-electron chi connectivity index (χ3n) is 2.56. The SMILES string of the molecule is CS(=O)(=O)c1ccccc1Sc1cccc(C(=O)O)c1. The lowest BCUT2D eigenvalue weighted by atomic mass is 10.2. The molecule has 6 heteroatoms. The molecule has 2 rings (SSSR count). The van der Waals surface area contributed by atoms with Crippen molar-refractivity contribution in [3.8, 4) is 0 Å². The van der Waals surface area contributed by atoms with Crippen molar-refractivity contribution in [3.05, 3.63) is 54.1 Å². The van der Waals surface area contributed by atoms with Crippen molar-refractivity contribution in [2.45, 2.75) is 14.7 Å². The number of hydrogen-bond acceptors (Lipinski definition) is 4. The Morgan fingerprint density at radius 3 is 2.45 bits per heavy atom. The van der Waals surface area contributed by atoms with Gasteiger partial charge in [0.15, 0.2) is 9.84 Å². The van der Waals surface area contributed by atoms with Crippen LogP contribution in [0.15, 0.2) is 63.2 Å². The molecule has 0 bridgehead atoms. The second kappa shape index (κ2) is 5.68. The van der Waals surface area contributed by atoms with E-state index in [2.05, 4.69) is 0 Å². The van der Waals surface area contributed by atoms with Crippen molar-refractivity contribution in [1.29, 1.82) is 0 Å². The molecule has 0 aliphatic carbocycles. The average Bonchev–Trinajstić information content (AvgIpc) is 2.38. The fourth-order valence-corrected chi connectivity index (χ4v) is 3.90. The number of sulfone groups is 1. The Hall–Kier alpha value is -1.79. The summed E-state index contributed by atoms with van der Waals surface area (Å²) in [6.07, 6.45) is 1.15. The van der Waals surface area contributed by atoms with Gasteiger partial charge in [-0.15, -0.1) is 0 Å². The highest BCUT2D eigenvalue weighted by atomic mass is 32.2. The van der Waals surface area contributed by atoms with Gasteiger partial charge in [0, 0.05) is 16.0 Å². The van der Waals surface area contributed by atoms with Crippen molar-refractivity contribution in [2.24, 2.45) is 0 Å². The number of carboxylic acid groups (broad SMARTS) is 1. The van der Waals surface area contributed by atoms with E-state index in [1.165, 1.54) is 23.9 Å². The summed E-state index contributed by atoms with van der Waals surface area (Å²) in [5.74, 6) is -1.01. The van der Waals surface area contributed by atoms with Crippen LogP contribution in [0, 0.1) is 0 Å². The molecule has 2 aromatic carbocycles. The normalized spacial score (nSPS) is 11.2. The lowest BCUT2D eigenvalue weighted by molar-refractivity contribution is 0.0696. The van der Waals surface area contributed by atoms with Crippen LogP contribution in [0.3, 0.4) is 0 Å². The molecule has 0 unspecified atom stereocenters. The Kier molecular flexibility index (Phi) is 4.15. The molecule has 2 aromatic rings. The standard InChI is InChI=1S/C14H12O4S2/c1-20(17,18)13-8-3-2-7-12(13)19-11-6-4-5-10(9-11)14(15)16/h2-9H,1H3,(H,15,16). The van der Waals surface area contributed by atoms with Gasteiger partial charge in [0.2, 0.25) is 0 Å². The van der Waals surface area contributed by atoms with Crippen LogP contribution in [0.5, 0.6) is 0 Å². The predicted molar refractivity (Wildman–Crippen MR) is 77.1 cm³/mol. The van der Waals surface area contributed by atoms with E-state index in [-0.39, 0.29) is 10.5 Å². The van der Waals surface area contributed by atoms with E-state index in [1.807, 2.05) is 0 Å². The molecule has 0 aromatic heterocycles. The number of hydrogen-bond donors (Lipinski definition) is 1. The van der Waals surface area contributed by atoms with Crippen LogP contribution >= 0.6 is 11.8 Å². The monoisotopic (exact) mass is 308 g/mol. The average molecular weight is 308 g/mol. The van der Waals surface area contributed by atoms with Gasteiger partial charge in [-0.2, -0.15) is 0 Å². The van der Waals surface area contributed by atoms with Crippen molar-refractivity contribution < 1.29 is 18.3 Å². The van der Waals surface area contributed by atoms with E-state index < -0.39 is 15.8 Å². The van der Waals surface area contributed by atoms with E-state index in [4.69, 9.17) is 5.11 Å². The molecule has 104 valence electrons. The Bertz CT molecular complexity index is 751. The molecular formula is C14H12O4S2. The minimum Gasteiger partial charge on any atom is -0.478 e. The van der Waals surface area contributed by atoms with E-state index >= 15 is 0 Å². The minimum atomic E-state index is -3.32. The third kappa shape index (κ3) is 3.40. The highest BCUT2D eigenvalue weighted by Crippen LogP contribution is 2.33. The van der Waals surface area contributed by atoms with Gasteiger partial charge in [-0.3, -0.25) is 0 Å². The van der Waals surface area contributed by atoms with Crippen LogP contribution in [0.2, 0.25) is 0 Å². The zero-order valence-corrected chi connectivity index (χ0v) is 12.2. The summed E-state index contributed by atoms with van der Waals surface area (Å²) in [4.78, 5) is 12.4. The zero-order valence-electron chi connectivity index (χ0n) is 10.6. The van der Waals surface area contributed by atoms with Crippen molar-refractivity contribution in [2.75, 3.05) is 6.26 Å². The highest BCUT2D eigenvalue weighted by molar-refractivity contribution is 8.00. The largest absolute Gasteiger partial charge is 0.478 e. The second-order valence-corrected chi connectivity index (χ2v) is 7.25. The van der Waals surface area contributed by atoms with Gasteiger partial charge < -0.3 is 5.11 Å². The highest BCUT2D eigenvalue weighted by Gasteiger charge is 2.14. The summed E-state index contributed by atoms with van der Waals surface area (Å²) in [5, 5.41) is 8.95. The van der Waals surface area contributed by atoms with Gasteiger partial charge in [-0.25, -0.2) is 13.2 Å². The molecule has 0 saturated heterocycles. The first-order chi connectivity index (χ1) is 9.38. The minimum absolute atomic E-state index is 0.173. The van der Waals surface area contributed by atoms with Crippen LogP contribution in [-0.4, -0.2) is 25.7 Å². The molecule has 20 heavy (non-hydrogen) atoms.